The van der Waals surface area contributed by atoms with Crippen LogP contribution in [0.2, 0.25) is 0 Å². The van der Waals surface area contributed by atoms with E-state index in [4.69, 9.17) is 22.6 Å². The molecule has 0 unspecified atom stereocenters. The first kappa shape index (κ1) is 12.0. The molecule has 7 nitrogen and oxygen atoms in total. The van der Waals surface area contributed by atoms with Crippen molar-refractivity contribution in [3.05, 3.63) is 0 Å². The molecule has 0 aromatic carbocycles. The average Bonchev–Trinajstić information content (AvgIpc) is 2.74. The molecular weight excluding hydrogens is 252 g/mol. The number of rotatable bonds is 1. The maximum absolute atomic E-state index is 11.2. The monoisotopic (exact) mass is 266 g/mol. The molecule has 3 saturated heterocycles. The normalized spacial score (nSPS) is 52.2. The first-order chi connectivity index (χ1) is 7.96. The average molecular weight is 266 g/mol. The molecule has 17 heavy (non-hydrogen) atoms. The molecule has 0 spiro atoms. The minimum absolute atomic E-state index is 0.146. The Labute approximate surface area is 101 Å². The van der Waals surface area contributed by atoms with Crippen LogP contribution in [0.4, 0.5) is 0 Å². The molecule has 8 heteroatoms. The highest BCUT2D eigenvalue weighted by atomic mass is 32.2. The molecule has 5 atom stereocenters. The van der Waals surface area contributed by atoms with E-state index in [9.17, 15) is 9.32 Å². The first-order valence-electron chi connectivity index (χ1n) is 5.35. The van der Waals surface area contributed by atoms with E-state index < -0.39 is 41.2 Å². The van der Waals surface area contributed by atoms with Gasteiger partial charge in [0, 0.05) is 0 Å². The quantitative estimate of drug-likeness (QED) is 0.666. The minimum Gasteiger partial charge on any atom is -0.391 e. The highest BCUT2D eigenvalue weighted by Gasteiger charge is 2.64. The van der Waals surface area contributed by atoms with Crippen molar-refractivity contribution in [1.29, 1.82) is 0 Å². The Balaban J connectivity index is 1.92. The third-order valence-electron chi connectivity index (χ3n) is 3.03. The second-order valence-corrected chi connectivity index (χ2v) is 5.51. The lowest BCUT2D eigenvalue weighted by Gasteiger charge is -2.38. The van der Waals surface area contributed by atoms with E-state index in [1.165, 1.54) is 0 Å². The number of fused-ring (bicyclic) bond motifs is 3. The lowest BCUT2D eigenvalue weighted by atomic mass is 9.98. The lowest BCUT2D eigenvalue weighted by Crippen LogP contribution is -2.60. The molecule has 0 radical (unpaired) electrons. The first-order valence-corrected chi connectivity index (χ1v) is 6.35. The zero-order valence-corrected chi connectivity index (χ0v) is 10.3. The van der Waals surface area contributed by atoms with Gasteiger partial charge in [-0.1, -0.05) is 0 Å². The summed E-state index contributed by atoms with van der Waals surface area (Å²) in [5.74, 6) is -2.15. The van der Waals surface area contributed by atoms with Crippen LogP contribution in [-0.4, -0.2) is 52.4 Å². The Kier molecular flexibility index (Phi) is 2.61. The van der Waals surface area contributed by atoms with Crippen LogP contribution < -0.4 is 0 Å². The molecular formula is C9H14O7S. The number of hydrogen-bond acceptors (Lipinski definition) is 7. The fraction of sp³-hybridized carbons (Fsp3) is 1.00. The summed E-state index contributed by atoms with van der Waals surface area (Å²) in [6.07, 6.45) is -1.68. The van der Waals surface area contributed by atoms with E-state index in [1.807, 2.05) is 0 Å². The Morgan fingerprint density at radius 3 is 2.88 bits per heavy atom. The van der Waals surface area contributed by atoms with E-state index in [2.05, 4.69) is 0 Å². The summed E-state index contributed by atoms with van der Waals surface area (Å²) >= 11 is -1.79. The second-order valence-electron chi connectivity index (χ2n) is 4.72. The van der Waals surface area contributed by atoms with E-state index in [1.54, 1.807) is 13.8 Å². The van der Waals surface area contributed by atoms with E-state index in [-0.39, 0.29) is 13.2 Å². The fourth-order valence-corrected chi connectivity index (χ4v) is 3.23. The van der Waals surface area contributed by atoms with E-state index in [0.717, 1.165) is 0 Å². The van der Waals surface area contributed by atoms with Crippen LogP contribution >= 0.6 is 0 Å². The molecule has 3 heterocycles. The molecule has 0 aliphatic carbocycles. The number of hydrogen-bond donors (Lipinski definition) is 1. The van der Waals surface area contributed by atoms with Crippen molar-refractivity contribution in [1.82, 2.24) is 0 Å². The van der Waals surface area contributed by atoms with Gasteiger partial charge in [0.05, 0.1) is 6.61 Å². The molecule has 3 aliphatic rings. The molecule has 3 aliphatic heterocycles. The summed E-state index contributed by atoms with van der Waals surface area (Å²) in [4.78, 5) is 0. The number of ether oxygens (including phenoxy) is 3. The molecule has 0 saturated carbocycles. The molecule has 3 fully saturated rings. The van der Waals surface area contributed by atoms with Gasteiger partial charge in [-0.2, -0.15) is 4.21 Å². The van der Waals surface area contributed by atoms with Gasteiger partial charge >= 0.3 is 11.4 Å². The van der Waals surface area contributed by atoms with Crippen molar-refractivity contribution in [2.45, 2.75) is 43.7 Å². The van der Waals surface area contributed by atoms with Crippen LogP contribution in [0.3, 0.4) is 0 Å². The third kappa shape index (κ3) is 1.75. The Morgan fingerprint density at radius 1 is 1.41 bits per heavy atom. The molecule has 3 rings (SSSR count). The lowest BCUT2D eigenvalue weighted by molar-refractivity contribution is -0.294. The summed E-state index contributed by atoms with van der Waals surface area (Å²) in [5.41, 5.74) is 0. The molecule has 0 aromatic heterocycles. The summed E-state index contributed by atoms with van der Waals surface area (Å²) in [5, 5.41) is 9.47. The Morgan fingerprint density at radius 2 is 2.18 bits per heavy atom. The van der Waals surface area contributed by atoms with Gasteiger partial charge in [0.25, 0.3) is 0 Å². The van der Waals surface area contributed by atoms with Gasteiger partial charge in [-0.15, -0.1) is 0 Å². The fourth-order valence-electron chi connectivity index (χ4n) is 2.41. The summed E-state index contributed by atoms with van der Waals surface area (Å²) < 4.78 is 38.2. The van der Waals surface area contributed by atoms with Crippen LogP contribution in [0.25, 0.3) is 0 Å². The minimum atomic E-state index is -1.79. The van der Waals surface area contributed by atoms with Crippen molar-refractivity contribution in [3.63, 3.8) is 0 Å². The zero-order valence-electron chi connectivity index (χ0n) is 9.45. The van der Waals surface area contributed by atoms with Crippen LogP contribution in [-0.2, 0) is 33.9 Å². The van der Waals surface area contributed by atoms with Gasteiger partial charge in [-0.3, -0.25) is 8.37 Å². The van der Waals surface area contributed by atoms with Gasteiger partial charge in [0.1, 0.15) is 24.9 Å². The molecule has 0 amide bonds. The summed E-state index contributed by atoms with van der Waals surface area (Å²) in [6.45, 7) is 3.22. The maximum atomic E-state index is 11.2. The highest BCUT2D eigenvalue weighted by molar-refractivity contribution is 7.75. The van der Waals surface area contributed by atoms with Crippen molar-refractivity contribution >= 4 is 11.4 Å². The molecule has 98 valence electrons. The van der Waals surface area contributed by atoms with Gasteiger partial charge in [-0.05, 0) is 13.8 Å². The van der Waals surface area contributed by atoms with Gasteiger partial charge in [0.2, 0.25) is 5.79 Å². The SMILES string of the molecule is CC1(C)O[C@H]2[C@@H]3O[S@@](=O)O[C@@H]3CO[C@@]2(CO)O1. The van der Waals surface area contributed by atoms with Crippen LogP contribution in [0, 0.1) is 0 Å². The van der Waals surface area contributed by atoms with Gasteiger partial charge in [-0.25, -0.2) is 0 Å². The number of aliphatic hydroxyl groups excluding tert-OH is 1. The number of aliphatic hydroxyl groups is 1. The predicted molar refractivity (Wildman–Crippen MR) is 53.7 cm³/mol. The van der Waals surface area contributed by atoms with Crippen molar-refractivity contribution < 1.29 is 31.9 Å². The largest absolute Gasteiger partial charge is 0.391 e. The molecule has 0 bridgehead atoms. The Bertz CT molecular complexity index is 359. The topological polar surface area (TPSA) is 83.5 Å². The van der Waals surface area contributed by atoms with Crippen molar-refractivity contribution in [2.24, 2.45) is 0 Å². The van der Waals surface area contributed by atoms with E-state index >= 15 is 0 Å². The van der Waals surface area contributed by atoms with E-state index in [0.29, 0.717) is 0 Å². The van der Waals surface area contributed by atoms with Gasteiger partial charge < -0.3 is 19.3 Å². The van der Waals surface area contributed by atoms with Crippen LogP contribution in [0.1, 0.15) is 13.8 Å². The maximum Gasteiger partial charge on any atom is 0.305 e. The standard InChI is InChI=1S/C9H14O7S/c1-8(2)13-7-6-5(14-17(11)15-6)3-12-9(7,4-10)16-8/h5-7,10H,3-4H2,1-2H3/t5-,6-,7+,9+,17+/m1/s1. The van der Waals surface area contributed by atoms with Crippen molar-refractivity contribution in [3.8, 4) is 0 Å². The Hall–Kier alpha value is -0.0900. The highest BCUT2D eigenvalue weighted by Crippen LogP contribution is 2.45. The van der Waals surface area contributed by atoms with Gasteiger partial charge in [0.15, 0.2) is 5.79 Å². The molecule has 1 N–H and O–H groups in total. The molecule has 0 aromatic rings. The second kappa shape index (κ2) is 3.70. The van der Waals surface area contributed by atoms with Crippen LogP contribution in [0.15, 0.2) is 0 Å². The summed E-state index contributed by atoms with van der Waals surface area (Å²) in [7, 11) is 0. The smallest absolute Gasteiger partial charge is 0.305 e. The predicted octanol–water partition coefficient (Wildman–Crippen LogP) is -0.781. The van der Waals surface area contributed by atoms with Crippen LogP contribution in [0.5, 0.6) is 0 Å². The zero-order chi connectivity index (χ0) is 12.3. The third-order valence-corrected chi connectivity index (χ3v) is 3.82. The summed E-state index contributed by atoms with van der Waals surface area (Å²) in [6, 6.07) is 0. The van der Waals surface area contributed by atoms with Crippen molar-refractivity contribution in [2.75, 3.05) is 13.2 Å².